The minimum absolute atomic E-state index is 0.0345. The largest absolute Gasteiger partial charge is 0.361 e. The highest BCUT2D eigenvalue weighted by Gasteiger charge is 2.26. The monoisotopic (exact) mass is 868 g/mol. The van der Waals surface area contributed by atoms with Crippen LogP contribution >= 0.6 is 46.4 Å². The van der Waals surface area contributed by atoms with Gasteiger partial charge in [-0.1, -0.05) is 88.4 Å². The number of carbonyl (C=O) groups is 2. The maximum Gasteiger partial charge on any atom is 0.266 e. The van der Waals surface area contributed by atoms with Crippen LogP contribution in [0, 0.1) is 6.92 Å². The molecular formula is C38H28Cl4N6O6S2. The predicted octanol–water partition coefficient (Wildman–Crippen LogP) is 8.00. The molecule has 18 heteroatoms. The lowest BCUT2D eigenvalue weighted by Crippen LogP contribution is -2.41. The Labute approximate surface area is 340 Å². The number of aromatic nitrogens is 2. The lowest BCUT2D eigenvalue weighted by Gasteiger charge is -2.18. The molecule has 6 N–H and O–H groups in total. The fourth-order valence-electron chi connectivity index (χ4n) is 6.19. The van der Waals surface area contributed by atoms with Crippen LogP contribution < -0.4 is 20.5 Å². The van der Waals surface area contributed by atoms with Gasteiger partial charge in [-0.25, -0.2) is 16.8 Å². The number of amides is 2. The van der Waals surface area contributed by atoms with Gasteiger partial charge in [-0.05, 0) is 84.3 Å². The highest BCUT2D eigenvalue weighted by Crippen LogP contribution is 2.40. The van der Waals surface area contributed by atoms with Crippen molar-refractivity contribution in [3.8, 4) is 0 Å². The second-order valence-corrected chi connectivity index (χ2v) is 17.4. The Kier molecular flexibility index (Phi) is 10.9. The molecule has 0 atom stereocenters. The summed E-state index contributed by atoms with van der Waals surface area (Å²) in [5.74, 6) is -1.92. The number of nitrogens with one attached hydrogen (secondary N) is 6. The summed E-state index contributed by atoms with van der Waals surface area (Å²) >= 11 is 24.2. The third-order valence-electron chi connectivity index (χ3n) is 8.99. The van der Waals surface area contributed by atoms with E-state index in [9.17, 15) is 26.4 Å². The van der Waals surface area contributed by atoms with E-state index in [2.05, 4.69) is 30.5 Å². The van der Waals surface area contributed by atoms with Crippen molar-refractivity contribution in [2.24, 2.45) is 0 Å². The molecule has 0 saturated carbocycles. The van der Waals surface area contributed by atoms with Gasteiger partial charge in [-0.3, -0.25) is 20.4 Å². The molecule has 0 fully saturated rings. The number of sulfonamides is 2. The Morgan fingerprint density at radius 1 is 0.589 bits per heavy atom. The Morgan fingerprint density at radius 2 is 1.02 bits per heavy atom. The minimum Gasteiger partial charge on any atom is -0.361 e. The Hall–Kier alpha value is -4.90. The number of H-pyrrole nitrogens is 2. The van der Waals surface area contributed by atoms with E-state index in [0.717, 1.165) is 22.3 Å². The summed E-state index contributed by atoms with van der Waals surface area (Å²) in [6, 6.07) is 25.9. The van der Waals surface area contributed by atoms with E-state index in [1.165, 1.54) is 36.4 Å². The highest BCUT2D eigenvalue weighted by molar-refractivity contribution is 7.89. The Bertz CT molecular complexity index is 2740. The van der Waals surface area contributed by atoms with Crippen molar-refractivity contribution in [2.45, 2.75) is 22.6 Å². The van der Waals surface area contributed by atoms with Gasteiger partial charge in [0.2, 0.25) is 0 Å². The number of benzene rings is 5. The van der Waals surface area contributed by atoms with Crippen molar-refractivity contribution in [3.63, 3.8) is 0 Å². The molecule has 0 unspecified atom stereocenters. The summed E-state index contributed by atoms with van der Waals surface area (Å²) in [5, 5.41) is 1.03. The van der Waals surface area contributed by atoms with Crippen molar-refractivity contribution >= 4 is 100 Å². The van der Waals surface area contributed by atoms with Gasteiger partial charge >= 0.3 is 0 Å². The molecule has 2 heterocycles. The maximum absolute atomic E-state index is 13.4. The molecular weight excluding hydrogens is 842 g/mol. The molecule has 0 aliphatic rings. The van der Waals surface area contributed by atoms with E-state index in [0.29, 0.717) is 21.8 Å². The SMILES string of the molecule is Cc1ccc(C(c2c[nH]c3ccc(C(=O)NNS(=O)(=O)c4cccc(Cl)c4Cl)cc23)c2c[nH]c3ccc(C(=O)NNS(=O)(=O)c4cccc(Cl)c4Cl)cc23)cc1. The van der Waals surface area contributed by atoms with Crippen LogP contribution in [-0.4, -0.2) is 38.6 Å². The molecule has 12 nitrogen and oxygen atoms in total. The summed E-state index contributed by atoms with van der Waals surface area (Å²) in [5.41, 5.74) is 9.66. The Morgan fingerprint density at radius 3 is 1.45 bits per heavy atom. The highest BCUT2D eigenvalue weighted by atomic mass is 35.5. The van der Waals surface area contributed by atoms with Crippen LogP contribution in [0.4, 0.5) is 0 Å². The zero-order valence-electron chi connectivity index (χ0n) is 28.7. The third kappa shape index (κ3) is 7.75. The van der Waals surface area contributed by atoms with Crippen molar-refractivity contribution in [2.75, 3.05) is 0 Å². The second kappa shape index (κ2) is 15.6. The molecule has 7 aromatic rings. The zero-order valence-corrected chi connectivity index (χ0v) is 33.4. The van der Waals surface area contributed by atoms with Crippen molar-refractivity contribution < 1.29 is 26.4 Å². The van der Waals surface area contributed by atoms with Crippen molar-refractivity contribution in [1.29, 1.82) is 0 Å². The first kappa shape index (κ1) is 39.3. The van der Waals surface area contributed by atoms with Gasteiger partial charge in [0.1, 0.15) is 9.79 Å². The Balaban J connectivity index is 1.22. The molecule has 56 heavy (non-hydrogen) atoms. The molecule has 0 aliphatic carbocycles. The molecule has 2 aromatic heterocycles. The number of hydrazine groups is 2. The summed E-state index contributed by atoms with van der Waals surface area (Å²) in [7, 11) is -8.55. The first-order valence-electron chi connectivity index (χ1n) is 16.5. The molecule has 0 radical (unpaired) electrons. The first-order valence-corrected chi connectivity index (χ1v) is 20.9. The number of aryl methyl sites for hydroxylation is 1. The van der Waals surface area contributed by atoms with E-state index in [1.807, 2.05) is 43.6 Å². The number of aromatic amines is 2. The van der Waals surface area contributed by atoms with Crippen LogP contribution in [0.15, 0.2) is 119 Å². The molecule has 0 aliphatic heterocycles. The van der Waals surface area contributed by atoms with Crippen LogP contribution in [-0.2, 0) is 20.0 Å². The number of hydrogen-bond acceptors (Lipinski definition) is 6. The standard InChI is InChI=1S/C38H28Cl4N6O6S2/c1-20-8-10-21(11-9-20)34(26-18-43-30-14-12-22(16-24(26)30)37(49)45-47-55(51,52)32-6-2-4-28(39)35(32)41)27-19-44-31-15-13-23(17-25(27)31)38(50)46-48-56(53,54)33-7-3-5-29(40)36(33)42/h2-19,34,43-44,47-48H,1H3,(H,45,49)(H,46,50). The van der Waals surface area contributed by atoms with Gasteiger partial charge < -0.3 is 9.97 Å². The van der Waals surface area contributed by atoms with Gasteiger partial charge in [-0.15, -0.1) is 9.66 Å². The number of carbonyl (C=O) groups excluding carboxylic acids is 2. The zero-order chi connectivity index (χ0) is 39.9. The average Bonchev–Trinajstić information content (AvgIpc) is 3.80. The normalized spacial score (nSPS) is 12.0. The molecule has 0 saturated heterocycles. The number of halogens is 4. The molecule has 286 valence electrons. The van der Waals surface area contributed by atoms with Gasteiger partial charge in [-0.2, -0.15) is 0 Å². The lowest BCUT2D eigenvalue weighted by molar-refractivity contribution is 0.0937. The fraction of sp³-hybridized carbons (Fsp3) is 0.0526. The van der Waals surface area contributed by atoms with E-state index >= 15 is 0 Å². The van der Waals surface area contributed by atoms with Gasteiger partial charge in [0.05, 0.1) is 20.1 Å². The average molecular weight is 871 g/mol. The summed E-state index contributed by atoms with van der Waals surface area (Å²) in [4.78, 5) is 36.8. The van der Waals surface area contributed by atoms with Crippen LogP contribution in [0.1, 0.15) is 48.9 Å². The van der Waals surface area contributed by atoms with Gasteiger partial charge in [0.25, 0.3) is 31.9 Å². The lowest BCUT2D eigenvalue weighted by atomic mass is 9.84. The molecule has 5 aromatic carbocycles. The molecule has 7 rings (SSSR count). The quantitative estimate of drug-likeness (QED) is 0.0717. The predicted molar refractivity (Wildman–Crippen MR) is 217 cm³/mol. The van der Waals surface area contributed by atoms with Crippen LogP contribution in [0.25, 0.3) is 21.8 Å². The summed E-state index contributed by atoms with van der Waals surface area (Å²) < 4.78 is 51.8. The topological polar surface area (TPSA) is 182 Å². The van der Waals surface area contributed by atoms with E-state index in [-0.39, 0.29) is 41.0 Å². The second-order valence-electron chi connectivity index (χ2n) is 12.6. The number of hydrogen-bond donors (Lipinski definition) is 6. The van der Waals surface area contributed by atoms with E-state index in [4.69, 9.17) is 46.4 Å². The first-order chi connectivity index (χ1) is 26.6. The van der Waals surface area contributed by atoms with E-state index in [1.54, 1.807) is 36.4 Å². The summed E-state index contributed by atoms with van der Waals surface area (Å²) in [6.45, 7) is 1.97. The third-order valence-corrected chi connectivity index (χ3v) is 13.4. The van der Waals surface area contributed by atoms with Gasteiger partial charge in [0, 0.05) is 51.2 Å². The van der Waals surface area contributed by atoms with Gasteiger partial charge in [0.15, 0.2) is 0 Å². The van der Waals surface area contributed by atoms with Crippen LogP contribution in [0.3, 0.4) is 0 Å². The van der Waals surface area contributed by atoms with Crippen molar-refractivity contribution in [3.05, 3.63) is 163 Å². The van der Waals surface area contributed by atoms with Crippen LogP contribution in [0.2, 0.25) is 20.1 Å². The van der Waals surface area contributed by atoms with Crippen LogP contribution in [0.5, 0.6) is 0 Å². The molecule has 0 bridgehead atoms. The van der Waals surface area contributed by atoms with Crippen molar-refractivity contribution in [1.82, 2.24) is 30.5 Å². The fourth-order valence-corrected chi connectivity index (χ4v) is 9.40. The molecule has 0 spiro atoms. The number of rotatable bonds is 11. The number of fused-ring (bicyclic) bond motifs is 2. The maximum atomic E-state index is 13.4. The summed E-state index contributed by atoms with van der Waals surface area (Å²) in [6.07, 6.45) is 3.65. The van der Waals surface area contributed by atoms with E-state index < -0.39 is 37.8 Å². The molecule has 2 amide bonds. The smallest absolute Gasteiger partial charge is 0.266 e. The minimum atomic E-state index is -4.28.